The van der Waals surface area contributed by atoms with Gasteiger partial charge in [-0.05, 0) is 19.1 Å². The van der Waals surface area contributed by atoms with Gasteiger partial charge in [-0.3, -0.25) is 0 Å². The van der Waals surface area contributed by atoms with Crippen molar-refractivity contribution in [3.05, 3.63) is 25.3 Å². The molecule has 2 unspecified atom stereocenters. The van der Waals surface area contributed by atoms with E-state index in [2.05, 4.69) is 13.2 Å². The van der Waals surface area contributed by atoms with Crippen LogP contribution in [0.5, 0.6) is 0 Å². The largest absolute Gasteiger partial charge is 1.00 e. The van der Waals surface area contributed by atoms with E-state index in [0.717, 1.165) is 13.1 Å². The SMILES string of the molecule is C=CC[N+](C)(CC=C)C(Cl)CC(C)O.[Cl-]. The number of aliphatic hydroxyl groups excluding tert-OH is 1. The molecule has 0 saturated heterocycles. The van der Waals surface area contributed by atoms with Gasteiger partial charge in [-0.25, -0.2) is 0 Å². The molecule has 0 aliphatic rings. The molecule has 4 heteroatoms. The van der Waals surface area contributed by atoms with Gasteiger partial charge in [0.2, 0.25) is 0 Å². The number of rotatable bonds is 7. The average Bonchev–Trinajstić information content (AvgIpc) is 2.03. The molecule has 0 aromatic carbocycles. The summed E-state index contributed by atoms with van der Waals surface area (Å²) in [5.74, 6) is 0. The van der Waals surface area contributed by atoms with Crippen molar-refractivity contribution in [1.82, 2.24) is 0 Å². The first-order valence-electron chi connectivity index (χ1n) is 4.84. The van der Waals surface area contributed by atoms with E-state index in [1.807, 2.05) is 19.2 Å². The van der Waals surface area contributed by atoms with E-state index in [1.165, 1.54) is 0 Å². The van der Waals surface area contributed by atoms with Crippen molar-refractivity contribution in [2.24, 2.45) is 0 Å². The van der Waals surface area contributed by atoms with Gasteiger partial charge >= 0.3 is 0 Å². The van der Waals surface area contributed by atoms with Gasteiger partial charge in [-0.15, -0.1) is 0 Å². The van der Waals surface area contributed by atoms with Gasteiger partial charge in [-0.1, -0.05) is 24.8 Å². The van der Waals surface area contributed by atoms with E-state index in [9.17, 15) is 5.11 Å². The van der Waals surface area contributed by atoms with Crippen molar-refractivity contribution >= 4 is 11.6 Å². The maximum absolute atomic E-state index is 9.28. The highest BCUT2D eigenvalue weighted by Crippen LogP contribution is 2.19. The Morgan fingerprint density at radius 2 is 1.73 bits per heavy atom. The predicted molar refractivity (Wildman–Crippen MR) is 62.3 cm³/mol. The van der Waals surface area contributed by atoms with E-state index in [-0.39, 0.29) is 24.0 Å². The van der Waals surface area contributed by atoms with E-state index in [0.29, 0.717) is 10.9 Å². The molecule has 1 N–H and O–H groups in total. The Bertz CT molecular complexity index is 185. The van der Waals surface area contributed by atoms with Crippen LogP contribution in [0.3, 0.4) is 0 Å². The number of likely N-dealkylation sites (N-methyl/N-ethyl adjacent to an activating group) is 1. The molecule has 0 rings (SSSR count). The van der Waals surface area contributed by atoms with E-state index < -0.39 is 0 Å². The fourth-order valence-corrected chi connectivity index (χ4v) is 1.85. The number of aliphatic hydroxyl groups is 1. The highest BCUT2D eigenvalue weighted by atomic mass is 35.5. The summed E-state index contributed by atoms with van der Waals surface area (Å²) in [4.78, 5) is 0. The van der Waals surface area contributed by atoms with Crippen LogP contribution < -0.4 is 12.4 Å². The maximum atomic E-state index is 9.28. The normalized spacial score (nSPS) is 14.9. The molecule has 0 heterocycles. The smallest absolute Gasteiger partial charge is 0.167 e. The molecule has 90 valence electrons. The van der Waals surface area contributed by atoms with Gasteiger partial charge in [0.15, 0.2) is 5.50 Å². The molecule has 0 bridgehead atoms. The third-order valence-corrected chi connectivity index (χ3v) is 2.95. The predicted octanol–water partition coefficient (Wildman–Crippen LogP) is -0.855. The van der Waals surface area contributed by atoms with Gasteiger partial charge in [0.25, 0.3) is 0 Å². The van der Waals surface area contributed by atoms with Crippen molar-refractivity contribution in [2.45, 2.75) is 24.9 Å². The van der Waals surface area contributed by atoms with Crippen molar-refractivity contribution in [3.8, 4) is 0 Å². The second-order valence-electron chi connectivity index (χ2n) is 3.94. The second-order valence-corrected chi connectivity index (χ2v) is 4.44. The highest BCUT2D eigenvalue weighted by Gasteiger charge is 2.29. The summed E-state index contributed by atoms with van der Waals surface area (Å²) in [5.41, 5.74) is -0.106. The van der Waals surface area contributed by atoms with Crippen molar-refractivity contribution < 1.29 is 22.0 Å². The van der Waals surface area contributed by atoms with Crippen LogP contribution in [-0.4, -0.2) is 41.3 Å². The number of nitrogens with zero attached hydrogens (tertiary/aromatic N) is 1. The topological polar surface area (TPSA) is 20.2 Å². The maximum Gasteiger partial charge on any atom is 0.167 e. The molecule has 0 spiro atoms. The molecule has 0 amide bonds. The Morgan fingerprint density at radius 3 is 2.00 bits per heavy atom. The van der Waals surface area contributed by atoms with E-state index in [1.54, 1.807) is 6.92 Å². The lowest BCUT2D eigenvalue weighted by Gasteiger charge is -2.37. The summed E-state index contributed by atoms with van der Waals surface area (Å²) in [6, 6.07) is 0. The van der Waals surface area contributed by atoms with Gasteiger partial charge < -0.3 is 22.0 Å². The Labute approximate surface area is 104 Å². The zero-order valence-corrected chi connectivity index (χ0v) is 11.0. The van der Waals surface area contributed by atoms with Crippen molar-refractivity contribution in [1.29, 1.82) is 0 Å². The zero-order valence-electron chi connectivity index (χ0n) is 9.50. The first kappa shape index (κ1) is 17.4. The van der Waals surface area contributed by atoms with Gasteiger partial charge in [-0.2, -0.15) is 0 Å². The Balaban J connectivity index is 0. The van der Waals surface area contributed by atoms with E-state index in [4.69, 9.17) is 11.6 Å². The molecule has 2 nitrogen and oxygen atoms in total. The standard InChI is InChI=1S/C11H21ClNO.ClH/c1-5-7-13(4,8-6-2)11(12)9-10(3)14;/h5-6,10-11,14H,1-2,7-9H2,3-4H3;1H/q+1;/p-1. The number of alkyl halides is 1. The van der Waals surface area contributed by atoms with Crippen LogP contribution in [0.25, 0.3) is 0 Å². The molecule has 0 aliphatic carbocycles. The minimum atomic E-state index is -0.371. The molecular weight excluding hydrogens is 233 g/mol. The summed E-state index contributed by atoms with van der Waals surface area (Å²) >= 11 is 6.26. The van der Waals surface area contributed by atoms with E-state index >= 15 is 0 Å². The molecule has 0 radical (unpaired) electrons. The Kier molecular flexibility index (Phi) is 9.46. The lowest BCUT2D eigenvalue weighted by Crippen LogP contribution is -3.00. The van der Waals surface area contributed by atoms with Crippen LogP contribution in [0.15, 0.2) is 25.3 Å². The lowest BCUT2D eigenvalue weighted by molar-refractivity contribution is -0.910. The monoisotopic (exact) mass is 253 g/mol. The minimum Gasteiger partial charge on any atom is -1.00 e. The Morgan fingerprint density at radius 1 is 1.33 bits per heavy atom. The number of hydrogen-bond acceptors (Lipinski definition) is 1. The Hall–Kier alpha value is -0.0200. The molecule has 0 fully saturated rings. The van der Waals surface area contributed by atoms with Crippen LogP contribution in [0.2, 0.25) is 0 Å². The third-order valence-electron chi connectivity index (χ3n) is 2.30. The number of halogens is 2. The molecule has 0 saturated carbocycles. The van der Waals surface area contributed by atoms with Crippen molar-refractivity contribution in [2.75, 3.05) is 20.1 Å². The summed E-state index contributed by atoms with van der Waals surface area (Å²) in [6.45, 7) is 10.8. The number of hydrogen-bond donors (Lipinski definition) is 1. The quantitative estimate of drug-likeness (QED) is 0.271. The zero-order chi connectivity index (χ0) is 11.2. The average molecular weight is 254 g/mol. The lowest BCUT2D eigenvalue weighted by atomic mass is 10.2. The first-order valence-corrected chi connectivity index (χ1v) is 5.28. The molecule has 0 aromatic heterocycles. The summed E-state index contributed by atoms with van der Waals surface area (Å²) in [6.07, 6.45) is 3.91. The van der Waals surface area contributed by atoms with Crippen LogP contribution in [-0.2, 0) is 0 Å². The van der Waals surface area contributed by atoms with Crippen LogP contribution in [0, 0.1) is 0 Å². The van der Waals surface area contributed by atoms with Crippen LogP contribution in [0.4, 0.5) is 0 Å². The first-order chi connectivity index (χ1) is 6.46. The molecule has 2 atom stereocenters. The summed E-state index contributed by atoms with van der Waals surface area (Å²) in [7, 11) is 2.05. The molecular formula is C11H21Cl2NO. The molecule has 0 aliphatic heterocycles. The number of quaternary nitrogens is 1. The molecule has 0 aromatic rings. The summed E-state index contributed by atoms with van der Waals surface area (Å²) < 4.78 is 0.638. The fraction of sp³-hybridized carbons (Fsp3) is 0.636. The van der Waals surface area contributed by atoms with Crippen LogP contribution in [0.1, 0.15) is 13.3 Å². The van der Waals surface area contributed by atoms with Crippen LogP contribution >= 0.6 is 11.6 Å². The molecule has 15 heavy (non-hydrogen) atoms. The van der Waals surface area contributed by atoms with Gasteiger partial charge in [0, 0.05) is 6.42 Å². The third kappa shape index (κ3) is 6.21. The van der Waals surface area contributed by atoms with Crippen molar-refractivity contribution in [3.63, 3.8) is 0 Å². The van der Waals surface area contributed by atoms with Gasteiger partial charge in [0.1, 0.15) is 0 Å². The van der Waals surface area contributed by atoms with Gasteiger partial charge in [0.05, 0.1) is 26.2 Å². The second kappa shape index (κ2) is 8.17. The summed E-state index contributed by atoms with van der Waals surface area (Å²) in [5, 5.41) is 9.28. The highest BCUT2D eigenvalue weighted by molar-refractivity contribution is 6.19. The minimum absolute atomic E-state index is 0. The fourth-order valence-electron chi connectivity index (χ4n) is 1.43.